The van der Waals surface area contributed by atoms with Crippen LogP contribution in [0, 0.1) is 0 Å². The second-order valence-corrected chi connectivity index (χ2v) is 11.9. The van der Waals surface area contributed by atoms with Gasteiger partial charge >= 0.3 is 0 Å². The first-order valence-electron chi connectivity index (χ1n) is 13.5. The van der Waals surface area contributed by atoms with Crippen molar-refractivity contribution in [2.75, 3.05) is 0 Å². The zero-order valence-corrected chi connectivity index (χ0v) is 23.0. The van der Waals surface area contributed by atoms with Gasteiger partial charge in [0.05, 0.1) is 0 Å². The summed E-state index contributed by atoms with van der Waals surface area (Å²) in [5.74, 6) is -0.399. The molecule has 0 aliphatic rings. The molecule has 0 amide bonds. The molecule has 41 heavy (non-hydrogen) atoms. The average molecular weight is 551 g/mol. The summed E-state index contributed by atoms with van der Waals surface area (Å²) >= 11 is 0. The van der Waals surface area contributed by atoms with Gasteiger partial charge in [0.25, 0.3) is 10.1 Å². The fourth-order valence-corrected chi connectivity index (χ4v) is 6.55. The van der Waals surface area contributed by atoms with E-state index in [2.05, 4.69) is 109 Å². The lowest BCUT2D eigenvalue weighted by Gasteiger charge is -2.19. The van der Waals surface area contributed by atoms with Crippen molar-refractivity contribution in [3.63, 3.8) is 0 Å². The van der Waals surface area contributed by atoms with E-state index >= 15 is 0 Å². The maximum Gasteiger partial charge on any atom is 0.269 e. The lowest BCUT2D eigenvalue weighted by molar-refractivity contribution is 0.482. The van der Waals surface area contributed by atoms with Crippen molar-refractivity contribution >= 4 is 42.4 Å². The standard InChI is InChI=1S/C37H26O3S/c38-41(39,40)24-25-14-16-27(17-15-25)30-20-21-34-35(23-30)36(28-9-2-1-3-10-28)32-12-6-7-13-33(32)37(34)31-19-18-26-8-4-5-11-29(26)22-31/h1-23H,24H2,(H,38,39,40). The number of hydrogen-bond donors (Lipinski definition) is 1. The van der Waals surface area contributed by atoms with Crippen LogP contribution in [0.15, 0.2) is 140 Å². The second kappa shape index (κ2) is 10.0. The highest BCUT2D eigenvalue weighted by atomic mass is 32.2. The molecule has 0 spiro atoms. The third-order valence-electron chi connectivity index (χ3n) is 7.76. The second-order valence-electron chi connectivity index (χ2n) is 10.4. The van der Waals surface area contributed by atoms with Gasteiger partial charge in [-0.1, -0.05) is 127 Å². The van der Waals surface area contributed by atoms with E-state index in [0.29, 0.717) is 5.56 Å². The Morgan fingerprint density at radius 1 is 0.439 bits per heavy atom. The molecule has 0 fully saturated rings. The molecular weight excluding hydrogens is 524 g/mol. The summed E-state index contributed by atoms with van der Waals surface area (Å²) in [5, 5.41) is 7.13. The molecule has 0 bridgehead atoms. The molecule has 198 valence electrons. The van der Waals surface area contributed by atoms with E-state index in [1.54, 1.807) is 12.1 Å². The Bertz CT molecular complexity index is 2180. The highest BCUT2D eigenvalue weighted by Crippen LogP contribution is 2.45. The van der Waals surface area contributed by atoms with E-state index in [4.69, 9.17) is 0 Å². The number of rotatable bonds is 5. The summed E-state index contributed by atoms with van der Waals surface area (Å²) in [6.45, 7) is 0. The van der Waals surface area contributed by atoms with E-state index in [-0.39, 0.29) is 0 Å². The molecule has 0 unspecified atom stereocenters. The van der Waals surface area contributed by atoms with Crippen LogP contribution in [-0.2, 0) is 15.9 Å². The Morgan fingerprint density at radius 2 is 1.00 bits per heavy atom. The van der Waals surface area contributed by atoms with Crippen molar-refractivity contribution in [1.82, 2.24) is 0 Å². The monoisotopic (exact) mass is 550 g/mol. The van der Waals surface area contributed by atoms with Gasteiger partial charge < -0.3 is 0 Å². The van der Waals surface area contributed by atoms with E-state index in [0.717, 1.165) is 22.1 Å². The fraction of sp³-hybridized carbons (Fsp3) is 0.0270. The molecule has 7 aromatic rings. The predicted molar refractivity (Wildman–Crippen MR) is 171 cm³/mol. The minimum Gasteiger partial charge on any atom is -0.285 e. The number of hydrogen-bond acceptors (Lipinski definition) is 2. The van der Waals surface area contributed by atoms with Crippen LogP contribution in [0.25, 0.3) is 65.7 Å². The molecule has 0 aliphatic carbocycles. The Kier molecular flexibility index (Phi) is 6.15. The molecule has 0 heterocycles. The quantitative estimate of drug-likeness (QED) is 0.171. The highest BCUT2D eigenvalue weighted by molar-refractivity contribution is 7.85. The molecule has 0 aliphatic heterocycles. The maximum absolute atomic E-state index is 11.4. The molecule has 0 saturated carbocycles. The van der Waals surface area contributed by atoms with Crippen LogP contribution in [-0.4, -0.2) is 13.0 Å². The Balaban J connectivity index is 1.52. The summed E-state index contributed by atoms with van der Waals surface area (Å²) in [6.07, 6.45) is 0. The summed E-state index contributed by atoms with van der Waals surface area (Å²) < 4.78 is 32.0. The van der Waals surface area contributed by atoms with Crippen molar-refractivity contribution in [3.8, 4) is 33.4 Å². The first-order valence-corrected chi connectivity index (χ1v) is 15.1. The van der Waals surface area contributed by atoms with E-state index in [1.807, 2.05) is 18.2 Å². The molecule has 4 heteroatoms. The first kappa shape index (κ1) is 25.2. The van der Waals surface area contributed by atoms with Crippen LogP contribution < -0.4 is 0 Å². The molecule has 7 rings (SSSR count). The van der Waals surface area contributed by atoms with Gasteiger partial charge in [0, 0.05) is 0 Å². The lowest BCUT2D eigenvalue weighted by Crippen LogP contribution is -2.01. The van der Waals surface area contributed by atoms with E-state index in [9.17, 15) is 13.0 Å². The molecule has 1 N–H and O–H groups in total. The number of fused-ring (bicyclic) bond motifs is 3. The Labute approximate surface area is 239 Å². The first-order chi connectivity index (χ1) is 19.9. The van der Waals surface area contributed by atoms with Gasteiger partial charge in [-0.15, -0.1) is 0 Å². The lowest BCUT2D eigenvalue weighted by atomic mass is 9.84. The largest absolute Gasteiger partial charge is 0.285 e. The zero-order chi connectivity index (χ0) is 28.0. The molecule has 0 radical (unpaired) electrons. The van der Waals surface area contributed by atoms with Crippen molar-refractivity contribution in [1.29, 1.82) is 0 Å². The van der Waals surface area contributed by atoms with Gasteiger partial charge in [-0.2, -0.15) is 8.42 Å². The molecule has 3 nitrogen and oxygen atoms in total. The van der Waals surface area contributed by atoms with Crippen molar-refractivity contribution in [3.05, 3.63) is 145 Å². The van der Waals surface area contributed by atoms with Crippen LogP contribution in [0.1, 0.15) is 5.56 Å². The molecular formula is C37H26O3S. The van der Waals surface area contributed by atoms with Gasteiger partial charge in [0.15, 0.2) is 0 Å². The van der Waals surface area contributed by atoms with E-state index < -0.39 is 15.9 Å². The van der Waals surface area contributed by atoms with Crippen LogP contribution in [0.2, 0.25) is 0 Å². The number of benzene rings is 7. The molecule has 0 aromatic heterocycles. The fourth-order valence-electron chi connectivity index (χ4n) is 5.93. The Hall–Kier alpha value is -4.77. The van der Waals surface area contributed by atoms with Crippen LogP contribution in [0.4, 0.5) is 0 Å². The van der Waals surface area contributed by atoms with Crippen molar-refractivity contribution in [2.45, 2.75) is 5.75 Å². The maximum atomic E-state index is 11.4. The third-order valence-corrected chi connectivity index (χ3v) is 8.46. The summed E-state index contributed by atoms with van der Waals surface area (Å²) in [5.41, 5.74) is 7.28. The van der Waals surface area contributed by atoms with Crippen LogP contribution >= 0.6 is 0 Å². The molecule has 0 atom stereocenters. The summed E-state index contributed by atoms with van der Waals surface area (Å²) in [7, 11) is -4.09. The van der Waals surface area contributed by atoms with Crippen molar-refractivity contribution < 1.29 is 13.0 Å². The van der Waals surface area contributed by atoms with Gasteiger partial charge in [-0.05, 0) is 83.4 Å². The topological polar surface area (TPSA) is 54.4 Å². The van der Waals surface area contributed by atoms with E-state index in [1.165, 1.54) is 43.6 Å². The molecule has 0 saturated heterocycles. The zero-order valence-electron chi connectivity index (χ0n) is 22.2. The normalized spacial score (nSPS) is 11.8. The van der Waals surface area contributed by atoms with Gasteiger partial charge in [-0.3, -0.25) is 4.55 Å². The van der Waals surface area contributed by atoms with Crippen LogP contribution in [0.5, 0.6) is 0 Å². The van der Waals surface area contributed by atoms with Crippen LogP contribution in [0.3, 0.4) is 0 Å². The Morgan fingerprint density at radius 3 is 1.71 bits per heavy atom. The molecule has 7 aromatic carbocycles. The smallest absolute Gasteiger partial charge is 0.269 e. The van der Waals surface area contributed by atoms with Gasteiger partial charge in [-0.25, -0.2) is 0 Å². The van der Waals surface area contributed by atoms with Gasteiger partial charge in [0.2, 0.25) is 0 Å². The third kappa shape index (κ3) is 4.78. The predicted octanol–water partition coefficient (Wildman–Crippen LogP) is 9.53. The van der Waals surface area contributed by atoms with Crippen molar-refractivity contribution in [2.24, 2.45) is 0 Å². The van der Waals surface area contributed by atoms with Gasteiger partial charge in [0.1, 0.15) is 5.75 Å². The summed E-state index contributed by atoms with van der Waals surface area (Å²) in [4.78, 5) is 0. The highest BCUT2D eigenvalue weighted by Gasteiger charge is 2.18. The minimum absolute atomic E-state index is 0.399. The average Bonchev–Trinajstić information content (AvgIpc) is 2.99. The summed E-state index contributed by atoms with van der Waals surface area (Å²) in [6, 6.07) is 48.2. The minimum atomic E-state index is -4.09. The SMILES string of the molecule is O=S(=O)(O)Cc1ccc(-c2ccc3c(-c4ccc5ccccc5c4)c4ccccc4c(-c4ccccc4)c3c2)cc1.